The van der Waals surface area contributed by atoms with Crippen molar-refractivity contribution in [2.45, 2.75) is 44.1 Å². The number of amides is 1. The first-order chi connectivity index (χ1) is 7.76. The van der Waals surface area contributed by atoms with Crippen molar-refractivity contribution in [1.82, 2.24) is 5.32 Å². The number of carbonyl (C=O) groups excluding carboxylic acids is 1. The van der Waals surface area contributed by atoms with Crippen molar-refractivity contribution < 1.29 is 4.79 Å². The van der Waals surface area contributed by atoms with E-state index in [1.54, 1.807) is 0 Å². The fourth-order valence-electron chi connectivity index (χ4n) is 2.63. The predicted octanol–water partition coefficient (Wildman–Crippen LogP) is 2.95. The molecule has 1 amide bonds. The summed E-state index contributed by atoms with van der Waals surface area (Å²) in [6.45, 7) is 0. The molecule has 16 heavy (non-hydrogen) atoms. The second-order valence-electron chi connectivity index (χ2n) is 5.02. The van der Waals surface area contributed by atoms with Gasteiger partial charge < -0.3 is 5.32 Å². The van der Waals surface area contributed by atoms with Gasteiger partial charge in [0, 0.05) is 22.5 Å². The van der Waals surface area contributed by atoms with E-state index < -0.39 is 0 Å². The zero-order chi connectivity index (χ0) is 11.4. The molecule has 4 heteroatoms. The topological polar surface area (TPSA) is 29.1 Å². The number of hydrogen-bond acceptors (Lipinski definition) is 2. The lowest BCUT2D eigenvalue weighted by molar-refractivity contribution is -0.126. The summed E-state index contributed by atoms with van der Waals surface area (Å²) >= 11 is 5.49. The molecule has 1 N–H and O–H groups in total. The molecule has 2 rings (SSSR count). The minimum atomic E-state index is 0.0581. The average Bonchev–Trinajstić information content (AvgIpc) is 2.84. The molecule has 1 aliphatic carbocycles. The smallest absolute Gasteiger partial charge is 0.224 e. The maximum atomic E-state index is 12.1. The lowest BCUT2D eigenvalue weighted by atomic mass is 9.83. The molecular weight excluding hydrogens is 286 g/mol. The van der Waals surface area contributed by atoms with Gasteiger partial charge in [-0.15, -0.1) is 0 Å². The SMILES string of the molecule is O=C(NC1(CBr)CCCCC1)C1CCSC1. The third-order valence-electron chi connectivity index (χ3n) is 3.76. The van der Waals surface area contributed by atoms with E-state index in [1.165, 1.54) is 19.3 Å². The van der Waals surface area contributed by atoms with E-state index in [4.69, 9.17) is 0 Å². The molecule has 1 unspecified atom stereocenters. The molecule has 0 aromatic heterocycles. The van der Waals surface area contributed by atoms with E-state index in [9.17, 15) is 4.79 Å². The summed E-state index contributed by atoms with van der Waals surface area (Å²) in [6.07, 6.45) is 7.18. The van der Waals surface area contributed by atoms with Crippen LogP contribution < -0.4 is 5.32 Å². The fourth-order valence-corrected chi connectivity index (χ4v) is 4.55. The normalized spacial score (nSPS) is 28.9. The first-order valence-electron chi connectivity index (χ1n) is 6.21. The Morgan fingerprint density at radius 3 is 2.69 bits per heavy atom. The molecule has 0 aromatic rings. The van der Waals surface area contributed by atoms with Crippen LogP contribution in [0, 0.1) is 5.92 Å². The maximum Gasteiger partial charge on any atom is 0.224 e. The van der Waals surface area contributed by atoms with Crippen LogP contribution >= 0.6 is 27.7 Å². The largest absolute Gasteiger partial charge is 0.350 e. The first kappa shape index (κ1) is 12.7. The van der Waals surface area contributed by atoms with Gasteiger partial charge in [0.25, 0.3) is 0 Å². The van der Waals surface area contributed by atoms with Crippen LogP contribution in [0.1, 0.15) is 38.5 Å². The fraction of sp³-hybridized carbons (Fsp3) is 0.917. The molecule has 0 radical (unpaired) electrons. The molecule has 92 valence electrons. The number of alkyl halides is 1. The molecule has 1 saturated heterocycles. The molecule has 0 aromatic carbocycles. The molecule has 2 fully saturated rings. The van der Waals surface area contributed by atoms with Crippen molar-refractivity contribution in [1.29, 1.82) is 0 Å². The van der Waals surface area contributed by atoms with Crippen LogP contribution in [0.4, 0.5) is 0 Å². The van der Waals surface area contributed by atoms with Gasteiger partial charge in [0.15, 0.2) is 0 Å². The summed E-state index contributed by atoms with van der Waals surface area (Å²) in [4.78, 5) is 12.1. The van der Waals surface area contributed by atoms with E-state index in [-0.39, 0.29) is 11.5 Å². The summed E-state index contributed by atoms with van der Waals surface area (Å²) in [7, 11) is 0. The van der Waals surface area contributed by atoms with E-state index >= 15 is 0 Å². The Kier molecular flexibility index (Phi) is 4.59. The second-order valence-corrected chi connectivity index (χ2v) is 6.73. The Hall–Kier alpha value is 0.300. The van der Waals surface area contributed by atoms with Crippen molar-refractivity contribution >= 4 is 33.6 Å². The average molecular weight is 306 g/mol. The standard InChI is InChI=1S/C12H20BrNOS/c13-9-12(5-2-1-3-6-12)14-11(15)10-4-7-16-8-10/h10H,1-9H2,(H,14,15). The summed E-state index contributed by atoms with van der Waals surface area (Å²) in [5.41, 5.74) is 0.0581. The van der Waals surface area contributed by atoms with Crippen LogP contribution in [0.3, 0.4) is 0 Å². The molecule has 1 atom stereocenters. The maximum absolute atomic E-state index is 12.1. The van der Waals surface area contributed by atoms with Crippen molar-refractivity contribution in [2.75, 3.05) is 16.8 Å². The lowest BCUT2D eigenvalue weighted by Gasteiger charge is -2.37. The van der Waals surface area contributed by atoms with Gasteiger partial charge in [-0.25, -0.2) is 0 Å². The highest BCUT2D eigenvalue weighted by Gasteiger charge is 2.35. The highest BCUT2D eigenvalue weighted by molar-refractivity contribution is 9.09. The monoisotopic (exact) mass is 305 g/mol. The Balaban J connectivity index is 1.91. The van der Waals surface area contributed by atoms with Crippen LogP contribution in [0.2, 0.25) is 0 Å². The highest BCUT2D eigenvalue weighted by atomic mass is 79.9. The van der Waals surface area contributed by atoms with Crippen LogP contribution in [-0.2, 0) is 4.79 Å². The van der Waals surface area contributed by atoms with E-state index in [2.05, 4.69) is 21.2 Å². The van der Waals surface area contributed by atoms with E-state index in [0.717, 1.165) is 36.1 Å². The lowest BCUT2D eigenvalue weighted by Crippen LogP contribution is -2.53. The molecule has 2 aliphatic rings. The summed E-state index contributed by atoms with van der Waals surface area (Å²) < 4.78 is 0. The number of thioether (sulfide) groups is 1. The first-order valence-corrected chi connectivity index (χ1v) is 8.49. The van der Waals surface area contributed by atoms with Crippen LogP contribution in [0.5, 0.6) is 0 Å². The summed E-state index contributed by atoms with van der Waals surface area (Å²) in [6, 6.07) is 0. The zero-order valence-corrected chi connectivity index (χ0v) is 12.0. The Bertz CT molecular complexity index is 247. The molecular formula is C12H20BrNOS. The van der Waals surface area contributed by atoms with Crippen molar-refractivity contribution in [3.05, 3.63) is 0 Å². The minimum Gasteiger partial charge on any atom is -0.350 e. The van der Waals surface area contributed by atoms with Gasteiger partial charge in [-0.1, -0.05) is 35.2 Å². The van der Waals surface area contributed by atoms with Crippen LogP contribution in [-0.4, -0.2) is 28.3 Å². The number of hydrogen-bond donors (Lipinski definition) is 1. The van der Waals surface area contributed by atoms with Crippen molar-refractivity contribution in [3.63, 3.8) is 0 Å². The molecule has 0 bridgehead atoms. The van der Waals surface area contributed by atoms with Gasteiger partial charge in [0.2, 0.25) is 5.91 Å². The molecule has 1 saturated carbocycles. The molecule has 1 heterocycles. The molecule has 0 spiro atoms. The van der Waals surface area contributed by atoms with Crippen LogP contribution in [0.15, 0.2) is 0 Å². The van der Waals surface area contributed by atoms with Gasteiger partial charge in [-0.3, -0.25) is 4.79 Å². The van der Waals surface area contributed by atoms with Gasteiger partial charge in [-0.2, -0.15) is 11.8 Å². The minimum absolute atomic E-state index is 0.0581. The Morgan fingerprint density at radius 2 is 2.12 bits per heavy atom. The highest BCUT2D eigenvalue weighted by Crippen LogP contribution is 2.31. The third-order valence-corrected chi connectivity index (χ3v) is 5.99. The molecule has 1 aliphatic heterocycles. The Morgan fingerprint density at radius 1 is 1.38 bits per heavy atom. The predicted molar refractivity (Wildman–Crippen MR) is 73.2 cm³/mol. The van der Waals surface area contributed by atoms with Gasteiger partial charge in [0.05, 0.1) is 0 Å². The number of halogens is 1. The van der Waals surface area contributed by atoms with E-state index in [1.807, 2.05) is 11.8 Å². The molecule has 2 nitrogen and oxygen atoms in total. The third kappa shape index (κ3) is 2.95. The zero-order valence-electron chi connectivity index (χ0n) is 9.64. The quantitative estimate of drug-likeness (QED) is 0.812. The van der Waals surface area contributed by atoms with E-state index in [0.29, 0.717) is 5.91 Å². The van der Waals surface area contributed by atoms with Gasteiger partial charge in [-0.05, 0) is 25.0 Å². The van der Waals surface area contributed by atoms with Gasteiger partial charge in [0.1, 0.15) is 0 Å². The number of nitrogens with one attached hydrogen (secondary N) is 1. The Labute approximate surface area is 110 Å². The van der Waals surface area contributed by atoms with Crippen LogP contribution in [0.25, 0.3) is 0 Å². The van der Waals surface area contributed by atoms with Crippen molar-refractivity contribution in [2.24, 2.45) is 5.92 Å². The van der Waals surface area contributed by atoms with Crippen molar-refractivity contribution in [3.8, 4) is 0 Å². The number of rotatable bonds is 3. The van der Waals surface area contributed by atoms with Gasteiger partial charge >= 0.3 is 0 Å². The summed E-state index contributed by atoms with van der Waals surface area (Å²) in [5, 5.41) is 4.23. The summed E-state index contributed by atoms with van der Waals surface area (Å²) in [5.74, 6) is 2.73. The second kappa shape index (κ2) is 5.76. The number of carbonyl (C=O) groups is 1.